The summed E-state index contributed by atoms with van der Waals surface area (Å²) in [5, 5.41) is 4.15. The van der Waals surface area contributed by atoms with Gasteiger partial charge in [-0.1, -0.05) is 11.6 Å². The Morgan fingerprint density at radius 1 is 1.13 bits per heavy atom. The van der Waals surface area contributed by atoms with Crippen LogP contribution in [0.5, 0.6) is 5.75 Å². The zero-order chi connectivity index (χ0) is 26.1. The van der Waals surface area contributed by atoms with E-state index in [0.717, 1.165) is 53.8 Å². The lowest BCUT2D eigenvalue weighted by molar-refractivity contribution is -0.118. The topological polar surface area (TPSA) is 96.5 Å². The Labute approximate surface area is 228 Å². The van der Waals surface area contributed by atoms with Crippen molar-refractivity contribution in [2.75, 3.05) is 43.1 Å². The number of morpholine rings is 1. The number of aromatic nitrogens is 2. The minimum absolute atomic E-state index is 0.0838. The van der Waals surface area contributed by atoms with Gasteiger partial charge in [-0.15, -0.1) is 11.3 Å². The summed E-state index contributed by atoms with van der Waals surface area (Å²) in [6, 6.07) is 12.7. The average Bonchev–Trinajstić information content (AvgIpc) is 3.32. The molecule has 2 N–H and O–H groups in total. The summed E-state index contributed by atoms with van der Waals surface area (Å²) in [6.45, 7) is 2.77. The van der Waals surface area contributed by atoms with Crippen LogP contribution < -0.4 is 20.5 Å². The van der Waals surface area contributed by atoms with Gasteiger partial charge < -0.3 is 24.7 Å². The van der Waals surface area contributed by atoms with Crippen molar-refractivity contribution in [2.45, 2.75) is 25.7 Å². The van der Waals surface area contributed by atoms with Crippen molar-refractivity contribution in [1.82, 2.24) is 9.97 Å². The maximum atomic E-state index is 12.8. The number of hydrogen-bond acceptors (Lipinski definition) is 7. The molecule has 3 heterocycles. The number of ether oxygens (including phenoxy) is 2. The fourth-order valence-corrected chi connectivity index (χ4v) is 6.56. The number of anilines is 2. The smallest absolute Gasteiger partial charge is 0.262 e. The lowest BCUT2D eigenvalue weighted by Crippen LogP contribution is -2.36. The molecule has 2 aromatic carbocycles. The summed E-state index contributed by atoms with van der Waals surface area (Å²) in [6.07, 6.45) is 4.26. The number of hydrogen-bond donors (Lipinski definition) is 2. The number of aryl methyl sites for hydroxylation is 2. The van der Waals surface area contributed by atoms with E-state index >= 15 is 0 Å². The maximum Gasteiger partial charge on any atom is 0.262 e. The van der Waals surface area contributed by atoms with E-state index in [1.807, 2.05) is 24.3 Å². The quantitative estimate of drug-likeness (QED) is 0.349. The summed E-state index contributed by atoms with van der Waals surface area (Å²) in [4.78, 5) is 37.3. The molecule has 1 fully saturated rings. The number of H-pyrrole nitrogens is 1. The molecule has 8 nitrogen and oxygen atoms in total. The SMILES string of the molecule is O=C(COc1ccc(-c2nc3sc4c(c3c(=O)[nH]2)CCCC4)cc1)Nc1ccc(N2CCOCC2)c(Cl)c1. The Balaban J connectivity index is 1.08. The molecule has 1 amide bonds. The summed E-state index contributed by atoms with van der Waals surface area (Å²) in [7, 11) is 0. The van der Waals surface area contributed by atoms with E-state index in [1.165, 1.54) is 16.9 Å². The van der Waals surface area contributed by atoms with Gasteiger partial charge in [0.2, 0.25) is 0 Å². The van der Waals surface area contributed by atoms with Crippen molar-refractivity contribution < 1.29 is 14.3 Å². The molecule has 196 valence electrons. The van der Waals surface area contributed by atoms with Crippen LogP contribution in [0.4, 0.5) is 11.4 Å². The largest absolute Gasteiger partial charge is 0.484 e. The lowest BCUT2D eigenvalue weighted by Gasteiger charge is -2.29. The molecule has 0 saturated carbocycles. The molecular formula is C28H27ClN4O4S. The van der Waals surface area contributed by atoms with Crippen LogP contribution in [0, 0.1) is 0 Å². The number of aromatic amines is 1. The Morgan fingerprint density at radius 2 is 1.92 bits per heavy atom. The number of amides is 1. The second kappa shape index (κ2) is 10.8. The number of benzene rings is 2. The average molecular weight is 551 g/mol. The van der Waals surface area contributed by atoms with Crippen molar-refractivity contribution in [3.05, 3.63) is 68.3 Å². The van der Waals surface area contributed by atoms with Crippen molar-refractivity contribution in [3.63, 3.8) is 0 Å². The van der Waals surface area contributed by atoms with E-state index in [-0.39, 0.29) is 18.1 Å². The number of carbonyl (C=O) groups excluding carboxylic acids is 1. The Bertz CT molecular complexity index is 1540. The first-order chi connectivity index (χ1) is 18.5. The van der Waals surface area contributed by atoms with Gasteiger partial charge in [0.1, 0.15) is 16.4 Å². The molecule has 38 heavy (non-hydrogen) atoms. The Hall–Kier alpha value is -3.40. The summed E-state index contributed by atoms with van der Waals surface area (Å²) < 4.78 is 11.1. The van der Waals surface area contributed by atoms with Gasteiger partial charge in [-0.3, -0.25) is 9.59 Å². The number of rotatable bonds is 6. The van der Waals surface area contributed by atoms with Crippen LogP contribution >= 0.6 is 22.9 Å². The Kier molecular flexibility index (Phi) is 7.06. The van der Waals surface area contributed by atoms with Crippen LogP contribution in [0.25, 0.3) is 21.6 Å². The minimum atomic E-state index is -0.289. The van der Waals surface area contributed by atoms with E-state index in [9.17, 15) is 9.59 Å². The van der Waals surface area contributed by atoms with E-state index in [1.54, 1.807) is 29.5 Å². The van der Waals surface area contributed by atoms with E-state index in [4.69, 9.17) is 26.1 Å². The fourth-order valence-electron chi connectivity index (χ4n) is 5.00. The number of nitrogens with one attached hydrogen (secondary N) is 2. The first-order valence-corrected chi connectivity index (χ1v) is 13.9. The second-order valence-electron chi connectivity index (χ2n) is 9.43. The minimum Gasteiger partial charge on any atom is -0.484 e. The van der Waals surface area contributed by atoms with Gasteiger partial charge in [0.25, 0.3) is 11.5 Å². The van der Waals surface area contributed by atoms with Gasteiger partial charge >= 0.3 is 0 Å². The normalized spacial score (nSPS) is 15.3. The predicted molar refractivity (Wildman–Crippen MR) is 151 cm³/mol. The van der Waals surface area contributed by atoms with Crippen LogP contribution in [0.1, 0.15) is 23.3 Å². The van der Waals surface area contributed by atoms with Gasteiger partial charge in [-0.05, 0) is 73.7 Å². The third-order valence-electron chi connectivity index (χ3n) is 6.91. The number of halogens is 1. The molecule has 10 heteroatoms. The number of carbonyl (C=O) groups is 1. The highest BCUT2D eigenvalue weighted by molar-refractivity contribution is 7.18. The lowest BCUT2D eigenvalue weighted by atomic mass is 9.97. The molecule has 0 bridgehead atoms. The van der Waals surface area contributed by atoms with E-state index < -0.39 is 0 Å². The third-order valence-corrected chi connectivity index (χ3v) is 8.39. The van der Waals surface area contributed by atoms with E-state index in [2.05, 4.69) is 15.2 Å². The predicted octanol–water partition coefficient (Wildman–Crippen LogP) is 5.04. The molecule has 0 radical (unpaired) electrons. The highest BCUT2D eigenvalue weighted by Gasteiger charge is 2.20. The Morgan fingerprint density at radius 3 is 2.71 bits per heavy atom. The van der Waals surface area contributed by atoms with Crippen LogP contribution in [0.15, 0.2) is 47.3 Å². The number of nitrogens with zero attached hydrogens (tertiary/aromatic N) is 2. The van der Waals surface area contributed by atoms with Crippen LogP contribution in [0.3, 0.4) is 0 Å². The molecule has 0 spiro atoms. The zero-order valence-electron chi connectivity index (χ0n) is 20.7. The number of thiophene rings is 1. The summed E-state index contributed by atoms with van der Waals surface area (Å²) >= 11 is 8.09. The van der Waals surface area contributed by atoms with Crippen molar-refractivity contribution in [2.24, 2.45) is 0 Å². The third kappa shape index (κ3) is 5.14. The van der Waals surface area contributed by atoms with Crippen LogP contribution in [0.2, 0.25) is 5.02 Å². The van der Waals surface area contributed by atoms with Gasteiger partial charge in [0.15, 0.2) is 6.61 Å². The van der Waals surface area contributed by atoms with Gasteiger partial charge in [-0.25, -0.2) is 4.98 Å². The van der Waals surface area contributed by atoms with Crippen molar-refractivity contribution >= 4 is 50.4 Å². The first-order valence-electron chi connectivity index (χ1n) is 12.7. The fraction of sp³-hybridized carbons (Fsp3) is 0.321. The highest BCUT2D eigenvalue weighted by Crippen LogP contribution is 2.34. The molecule has 1 aliphatic heterocycles. The summed E-state index contributed by atoms with van der Waals surface area (Å²) in [5.41, 5.74) is 3.41. The standard InChI is InChI=1S/C28H27ClN4O4S/c29-21-15-18(7-10-22(21)33-11-13-36-14-12-33)30-24(34)16-37-19-8-5-17(6-9-19)26-31-27(35)25-20-3-1-2-4-23(20)38-28(25)32-26/h5-10,15H,1-4,11-14,16H2,(H,30,34)(H,31,32,35). The van der Waals surface area contributed by atoms with E-state index in [0.29, 0.717) is 35.5 Å². The monoisotopic (exact) mass is 550 g/mol. The summed E-state index contributed by atoms with van der Waals surface area (Å²) in [5.74, 6) is 0.782. The molecule has 0 atom stereocenters. The van der Waals surface area contributed by atoms with Gasteiger partial charge in [0.05, 0.1) is 29.3 Å². The first kappa shape index (κ1) is 24.9. The molecule has 0 unspecified atom stereocenters. The number of fused-ring (bicyclic) bond motifs is 3. The molecule has 1 aliphatic carbocycles. The zero-order valence-corrected chi connectivity index (χ0v) is 22.3. The van der Waals surface area contributed by atoms with Gasteiger partial charge in [-0.2, -0.15) is 0 Å². The molecular weight excluding hydrogens is 524 g/mol. The van der Waals surface area contributed by atoms with Crippen molar-refractivity contribution in [1.29, 1.82) is 0 Å². The highest BCUT2D eigenvalue weighted by atomic mass is 35.5. The molecule has 2 aromatic heterocycles. The van der Waals surface area contributed by atoms with Crippen molar-refractivity contribution in [3.8, 4) is 17.1 Å². The van der Waals surface area contributed by atoms with Crippen LogP contribution in [-0.4, -0.2) is 48.8 Å². The molecule has 4 aromatic rings. The van der Waals surface area contributed by atoms with Crippen LogP contribution in [-0.2, 0) is 22.4 Å². The molecule has 6 rings (SSSR count). The van der Waals surface area contributed by atoms with Gasteiger partial charge in [0, 0.05) is 29.2 Å². The molecule has 1 saturated heterocycles. The molecule has 2 aliphatic rings. The maximum absolute atomic E-state index is 12.8. The second-order valence-corrected chi connectivity index (χ2v) is 10.9.